The van der Waals surface area contributed by atoms with Crippen LogP contribution in [0.4, 0.5) is 10.2 Å². The molecular weight excluding hydrogens is 301 g/mol. The summed E-state index contributed by atoms with van der Waals surface area (Å²) in [6.07, 6.45) is 4.09. The zero-order valence-corrected chi connectivity index (χ0v) is 12.4. The smallest absolute Gasteiger partial charge is 0.308 e. The monoisotopic (exact) mass is 317 g/mol. The number of carboxylic acid groups (broad SMARTS) is 1. The number of halogens is 1. The van der Waals surface area contributed by atoms with Crippen LogP contribution in [0.5, 0.6) is 0 Å². The molecule has 1 aromatic carbocycles. The van der Waals surface area contributed by atoms with Crippen LogP contribution in [0.1, 0.15) is 12.8 Å². The van der Waals surface area contributed by atoms with Gasteiger partial charge in [-0.2, -0.15) is 0 Å². The van der Waals surface area contributed by atoms with E-state index in [4.69, 9.17) is 5.11 Å². The molecule has 1 atom stereocenters. The Hall–Kier alpha value is -2.70. The van der Waals surface area contributed by atoms with Crippen molar-refractivity contribution in [2.24, 2.45) is 5.92 Å². The highest BCUT2D eigenvalue weighted by Gasteiger charge is 2.27. The number of carboxylic acids is 1. The fourth-order valence-electron chi connectivity index (χ4n) is 2.83. The van der Waals surface area contributed by atoms with Gasteiger partial charge in [-0.15, -0.1) is 0 Å². The number of aliphatic carboxylic acids is 1. The number of nitrogens with zero attached hydrogens (tertiary/aromatic N) is 3. The maximum Gasteiger partial charge on any atom is 0.308 e. The van der Waals surface area contributed by atoms with E-state index in [1.54, 1.807) is 17.0 Å². The van der Waals surface area contributed by atoms with Gasteiger partial charge in [0.05, 0.1) is 11.6 Å². The van der Waals surface area contributed by atoms with Crippen LogP contribution in [0.3, 0.4) is 0 Å². The van der Waals surface area contributed by atoms with Crippen molar-refractivity contribution in [2.45, 2.75) is 12.8 Å². The summed E-state index contributed by atoms with van der Waals surface area (Å²) in [6, 6.07) is 5.99. The average Bonchev–Trinajstić information content (AvgIpc) is 2.56. The summed E-state index contributed by atoms with van der Waals surface area (Å²) in [5.74, 6) is -1.75. The van der Waals surface area contributed by atoms with Crippen molar-refractivity contribution in [1.82, 2.24) is 9.55 Å². The zero-order valence-electron chi connectivity index (χ0n) is 12.4. The van der Waals surface area contributed by atoms with E-state index < -0.39 is 23.3 Å². The molecule has 1 fully saturated rings. The third kappa shape index (κ3) is 2.94. The van der Waals surface area contributed by atoms with E-state index in [1.807, 2.05) is 0 Å². The average molecular weight is 317 g/mol. The number of rotatable bonds is 3. The summed E-state index contributed by atoms with van der Waals surface area (Å²) in [6.45, 7) is 0.798. The van der Waals surface area contributed by atoms with Gasteiger partial charge in [-0.05, 0) is 25.0 Å². The number of aromatic nitrogens is 2. The van der Waals surface area contributed by atoms with Gasteiger partial charge in [0.2, 0.25) is 0 Å². The van der Waals surface area contributed by atoms with Crippen molar-refractivity contribution in [1.29, 1.82) is 0 Å². The van der Waals surface area contributed by atoms with Crippen LogP contribution in [0, 0.1) is 11.7 Å². The van der Waals surface area contributed by atoms with E-state index in [0.717, 1.165) is 0 Å². The van der Waals surface area contributed by atoms with Crippen LogP contribution >= 0.6 is 0 Å². The third-order valence-corrected chi connectivity index (χ3v) is 4.00. The van der Waals surface area contributed by atoms with Crippen molar-refractivity contribution >= 4 is 11.8 Å². The Morgan fingerprint density at radius 3 is 2.87 bits per heavy atom. The molecule has 0 saturated carbocycles. The van der Waals surface area contributed by atoms with Crippen LogP contribution in [0.15, 0.2) is 41.5 Å². The molecule has 1 aliphatic heterocycles. The molecular formula is C16H16FN3O3. The van der Waals surface area contributed by atoms with Gasteiger partial charge in [-0.25, -0.2) is 9.37 Å². The molecule has 7 heteroatoms. The highest BCUT2D eigenvalue weighted by molar-refractivity contribution is 5.71. The molecule has 2 aromatic rings. The summed E-state index contributed by atoms with van der Waals surface area (Å²) in [4.78, 5) is 29.6. The summed E-state index contributed by atoms with van der Waals surface area (Å²) >= 11 is 0. The predicted octanol–water partition coefficient (Wildman–Crippen LogP) is 1.67. The molecule has 1 saturated heterocycles. The molecule has 1 N–H and O–H groups in total. The van der Waals surface area contributed by atoms with Crippen LogP contribution in [-0.2, 0) is 4.79 Å². The van der Waals surface area contributed by atoms with E-state index in [-0.39, 0.29) is 18.1 Å². The molecule has 0 bridgehead atoms. The first kappa shape index (κ1) is 15.2. The Labute approximate surface area is 131 Å². The molecule has 1 aromatic heterocycles. The van der Waals surface area contributed by atoms with Gasteiger partial charge >= 0.3 is 5.97 Å². The van der Waals surface area contributed by atoms with E-state index in [1.165, 1.54) is 29.1 Å². The van der Waals surface area contributed by atoms with Crippen molar-refractivity contribution in [2.75, 3.05) is 18.0 Å². The molecule has 0 radical (unpaired) electrons. The number of carbonyl (C=O) groups is 1. The summed E-state index contributed by atoms with van der Waals surface area (Å²) in [5, 5.41) is 9.16. The number of hydrogen-bond donors (Lipinski definition) is 1. The second-order valence-corrected chi connectivity index (χ2v) is 5.50. The fraction of sp³-hybridized carbons (Fsp3) is 0.312. The Morgan fingerprint density at radius 1 is 1.35 bits per heavy atom. The SMILES string of the molecule is O=C(O)[C@H]1CCCN(c2nccn(-c3ccccc3F)c2=O)C1. The van der Waals surface area contributed by atoms with Crippen LogP contribution in [0.2, 0.25) is 0 Å². The first-order valence-electron chi connectivity index (χ1n) is 7.38. The van der Waals surface area contributed by atoms with E-state index in [2.05, 4.69) is 4.98 Å². The fourth-order valence-corrected chi connectivity index (χ4v) is 2.83. The van der Waals surface area contributed by atoms with E-state index in [9.17, 15) is 14.0 Å². The van der Waals surface area contributed by atoms with Gasteiger partial charge in [0.25, 0.3) is 5.56 Å². The Kier molecular flexibility index (Phi) is 4.10. The molecule has 23 heavy (non-hydrogen) atoms. The Balaban J connectivity index is 1.99. The van der Waals surface area contributed by atoms with Crippen LogP contribution in [-0.4, -0.2) is 33.7 Å². The van der Waals surface area contributed by atoms with Gasteiger partial charge < -0.3 is 10.0 Å². The van der Waals surface area contributed by atoms with Gasteiger partial charge in [0.1, 0.15) is 5.82 Å². The molecule has 3 rings (SSSR count). The quantitative estimate of drug-likeness (QED) is 0.932. The lowest BCUT2D eigenvalue weighted by molar-refractivity contribution is -0.141. The van der Waals surface area contributed by atoms with Gasteiger partial charge in [0.15, 0.2) is 5.82 Å². The molecule has 0 aliphatic carbocycles. The molecule has 0 spiro atoms. The number of anilines is 1. The van der Waals surface area contributed by atoms with Gasteiger partial charge in [-0.3, -0.25) is 14.2 Å². The highest BCUT2D eigenvalue weighted by atomic mass is 19.1. The first-order chi connectivity index (χ1) is 11.1. The van der Waals surface area contributed by atoms with Crippen molar-refractivity contribution < 1.29 is 14.3 Å². The molecule has 0 unspecified atom stereocenters. The minimum absolute atomic E-state index is 0.146. The van der Waals surface area contributed by atoms with Gasteiger partial charge in [-0.1, -0.05) is 12.1 Å². The largest absolute Gasteiger partial charge is 0.481 e. The third-order valence-electron chi connectivity index (χ3n) is 4.00. The lowest BCUT2D eigenvalue weighted by Crippen LogP contribution is -2.42. The maximum absolute atomic E-state index is 13.9. The second-order valence-electron chi connectivity index (χ2n) is 5.50. The minimum atomic E-state index is -0.875. The molecule has 6 nitrogen and oxygen atoms in total. The lowest BCUT2D eigenvalue weighted by atomic mass is 9.98. The summed E-state index contributed by atoms with van der Waals surface area (Å²) in [5.41, 5.74) is -0.309. The maximum atomic E-state index is 13.9. The minimum Gasteiger partial charge on any atom is -0.481 e. The van der Waals surface area contributed by atoms with Gasteiger partial charge in [0, 0.05) is 25.5 Å². The van der Waals surface area contributed by atoms with Crippen molar-refractivity contribution in [3.63, 3.8) is 0 Å². The molecule has 120 valence electrons. The number of para-hydroxylation sites is 1. The van der Waals surface area contributed by atoms with Crippen molar-refractivity contribution in [3.05, 3.63) is 52.8 Å². The topological polar surface area (TPSA) is 75.4 Å². The second kappa shape index (κ2) is 6.20. The molecule has 0 amide bonds. The molecule has 2 heterocycles. The Morgan fingerprint density at radius 2 is 2.13 bits per heavy atom. The van der Waals surface area contributed by atoms with Crippen molar-refractivity contribution in [3.8, 4) is 5.69 Å². The lowest BCUT2D eigenvalue weighted by Gasteiger charge is -2.31. The van der Waals surface area contributed by atoms with E-state index >= 15 is 0 Å². The van der Waals surface area contributed by atoms with Crippen LogP contribution in [0.25, 0.3) is 5.69 Å². The summed E-state index contributed by atoms with van der Waals surface area (Å²) < 4.78 is 15.1. The molecule has 1 aliphatic rings. The zero-order chi connectivity index (χ0) is 16.4. The standard InChI is InChI=1S/C16H16FN3O3/c17-12-5-1-2-6-13(12)20-9-7-18-14(15(20)21)19-8-3-4-11(10-19)16(22)23/h1-2,5-7,9,11H,3-4,8,10H2,(H,22,23)/t11-/m0/s1. The Bertz CT molecular complexity index is 790. The number of benzene rings is 1. The normalized spacial score (nSPS) is 18.0. The first-order valence-corrected chi connectivity index (χ1v) is 7.38. The number of piperidine rings is 1. The predicted molar refractivity (Wildman–Crippen MR) is 82.4 cm³/mol. The number of hydrogen-bond acceptors (Lipinski definition) is 4. The summed E-state index contributed by atoms with van der Waals surface area (Å²) in [7, 11) is 0. The van der Waals surface area contributed by atoms with Crippen LogP contribution < -0.4 is 10.5 Å². The van der Waals surface area contributed by atoms with E-state index in [0.29, 0.717) is 19.4 Å². The highest BCUT2D eigenvalue weighted by Crippen LogP contribution is 2.20.